The Balaban J connectivity index is 2.02. The van der Waals surface area contributed by atoms with Crippen molar-refractivity contribution in [2.75, 3.05) is 5.32 Å². The number of nitrogens with zero attached hydrogens (tertiary/aromatic N) is 2. The Bertz CT molecular complexity index is 491. The normalized spacial score (nSPS) is 10.4. The molecule has 2 heterocycles. The van der Waals surface area contributed by atoms with E-state index in [4.69, 9.17) is 0 Å². The third-order valence-corrected chi connectivity index (χ3v) is 3.23. The van der Waals surface area contributed by atoms with Crippen LogP contribution >= 0.6 is 15.9 Å². The Hall–Kier alpha value is -1.29. The predicted octanol–water partition coefficient (Wildman–Crippen LogP) is 3.10. The molecule has 84 valence electrons. The molecule has 0 radical (unpaired) electrons. The summed E-state index contributed by atoms with van der Waals surface area (Å²) < 4.78 is 3.08. The highest BCUT2D eigenvalue weighted by Crippen LogP contribution is 2.16. The van der Waals surface area contributed by atoms with Crippen LogP contribution in [0.25, 0.3) is 0 Å². The molecule has 0 saturated heterocycles. The minimum atomic E-state index is 0.801. The summed E-state index contributed by atoms with van der Waals surface area (Å²) in [4.78, 5) is 4.43. The SMILES string of the molecule is Cc1nc(NCc2ccn(C)c2)ccc1Br. The second-order valence-electron chi connectivity index (χ2n) is 3.80. The van der Waals surface area contributed by atoms with Crippen LogP contribution in [0.4, 0.5) is 5.82 Å². The quantitative estimate of drug-likeness (QED) is 0.936. The maximum atomic E-state index is 4.43. The zero-order chi connectivity index (χ0) is 11.5. The van der Waals surface area contributed by atoms with Gasteiger partial charge in [-0.15, -0.1) is 0 Å². The minimum Gasteiger partial charge on any atom is -0.366 e. The molecule has 16 heavy (non-hydrogen) atoms. The summed E-state index contributed by atoms with van der Waals surface area (Å²) in [6, 6.07) is 6.08. The second kappa shape index (κ2) is 4.70. The number of hydrogen-bond donors (Lipinski definition) is 1. The number of hydrogen-bond acceptors (Lipinski definition) is 2. The number of pyridine rings is 1. The topological polar surface area (TPSA) is 29.9 Å². The van der Waals surface area contributed by atoms with Crippen molar-refractivity contribution < 1.29 is 0 Å². The standard InChI is InChI=1S/C12H14BrN3/c1-9-11(13)3-4-12(15-9)14-7-10-5-6-16(2)8-10/h3-6,8H,7H2,1-2H3,(H,14,15). The van der Waals surface area contributed by atoms with E-state index >= 15 is 0 Å². The van der Waals surface area contributed by atoms with Crippen LogP contribution in [0.15, 0.2) is 35.1 Å². The lowest BCUT2D eigenvalue weighted by molar-refractivity contribution is 0.919. The Morgan fingerprint density at radius 1 is 1.38 bits per heavy atom. The van der Waals surface area contributed by atoms with Gasteiger partial charge in [-0.2, -0.15) is 0 Å². The molecule has 4 heteroatoms. The van der Waals surface area contributed by atoms with Gasteiger partial charge in [0.15, 0.2) is 0 Å². The van der Waals surface area contributed by atoms with Crippen LogP contribution in [0.5, 0.6) is 0 Å². The maximum absolute atomic E-state index is 4.43. The summed E-state index contributed by atoms with van der Waals surface area (Å²) in [7, 11) is 2.02. The molecular formula is C12H14BrN3. The predicted molar refractivity (Wildman–Crippen MR) is 69.4 cm³/mol. The van der Waals surface area contributed by atoms with E-state index in [2.05, 4.69) is 38.5 Å². The summed E-state index contributed by atoms with van der Waals surface area (Å²) in [5, 5.41) is 3.30. The first-order valence-corrected chi connectivity index (χ1v) is 5.92. The van der Waals surface area contributed by atoms with E-state index in [1.165, 1.54) is 5.56 Å². The number of aromatic nitrogens is 2. The molecule has 0 spiro atoms. The van der Waals surface area contributed by atoms with Crippen molar-refractivity contribution in [2.45, 2.75) is 13.5 Å². The smallest absolute Gasteiger partial charge is 0.126 e. The van der Waals surface area contributed by atoms with Crippen LogP contribution in [0.3, 0.4) is 0 Å². The number of rotatable bonds is 3. The van der Waals surface area contributed by atoms with Gasteiger partial charge in [-0.05, 0) is 46.6 Å². The van der Waals surface area contributed by atoms with Crippen LogP contribution in [0.1, 0.15) is 11.3 Å². The molecule has 2 aromatic heterocycles. The van der Waals surface area contributed by atoms with Crippen molar-refractivity contribution in [3.63, 3.8) is 0 Å². The first-order chi connectivity index (χ1) is 7.65. The zero-order valence-electron chi connectivity index (χ0n) is 9.37. The van der Waals surface area contributed by atoms with Gasteiger partial charge in [-0.1, -0.05) is 0 Å². The molecule has 0 saturated carbocycles. The summed E-state index contributed by atoms with van der Waals surface area (Å²) in [6.45, 7) is 2.78. The van der Waals surface area contributed by atoms with Crippen molar-refractivity contribution in [3.05, 3.63) is 46.3 Å². The molecule has 0 aliphatic carbocycles. The minimum absolute atomic E-state index is 0.801. The van der Waals surface area contributed by atoms with Crippen molar-refractivity contribution >= 4 is 21.7 Å². The lowest BCUT2D eigenvalue weighted by Gasteiger charge is -2.05. The number of nitrogens with one attached hydrogen (secondary N) is 1. The molecule has 0 aromatic carbocycles. The first kappa shape index (κ1) is 11.2. The molecule has 0 unspecified atom stereocenters. The van der Waals surface area contributed by atoms with E-state index < -0.39 is 0 Å². The lowest BCUT2D eigenvalue weighted by Crippen LogP contribution is -2.01. The summed E-state index contributed by atoms with van der Waals surface area (Å²) in [5.74, 6) is 0.907. The van der Waals surface area contributed by atoms with E-state index in [0.29, 0.717) is 0 Å². The summed E-state index contributed by atoms with van der Waals surface area (Å²) in [6.07, 6.45) is 4.13. The third-order valence-electron chi connectivity index (χ3n) is 2.39. The van der Waals surface area contributed by atoms with Crippen LogP contribution in [0.2, 0.25) is 0 Å². The van der Waals surface area contributed by atoms with Gasteiger partial charge in [-0.3, -0.25) is 0 Å². The van der Waals surface area contributed by atoms with E-state index in [0.717, 1.165) is 22.5 Å². The summed E-state index contributed by atoms with van der Waals surface area (Å²) in [5.41, 5.74) is 2.25. The zero-order valence-corrected chi connectivity index (χ0v) is 11.0. The van der Waals surface area contributed by atoms with Crippen LogP contribution < -0.4 is 5.32 Å². The van der Waals surface area contributed by atoms with Gasteiger partial charge in [0.25, 0.3) is 0 Å². The molecule has 2 rings (SSSR count). The van der Waals surface area contributed by atoms with E-state index in [9.17, 15) is 0 Å². The fraction of sp³-hybridized carbons (Fsp3) is 0.250. The van der Waals surface area contributed by atoms with Crippen LogP contribution in [-0.4, -0.2) is 9.55 Å². The molecule has 0 atom stereocenters. The molecule has 1 N–H and O–H groups in total. The lowest BCUT2D eigenvalue weighted by atomic mass is 10.3. The van der Waals surface area contributed by atoms with Gasteiger partial charge in [0.05, 0.1) is 5.69 Å². The Labute approximate surface area is 104 Å². The number of halogens is 1. The van der Waals surface area contributed by atoms with E-state index in [-0.39, 0.29) is 0 Å². The monoisotopic (exact) mass is 279 g/mol. The Morgan fingerprint density at radius 3 is 2.81 bits per heavy atom. The fourth-order valence-corrected chi connectivity index (χ4v) is 1.72. The van der Waals surface area contributed by atoms with E-state index in [1.54, 1.807) is 0 Å². The highest BCUT2D eigenvalue weighted by Gasteiger charge is 1.99. The highest BCUT2D eigenvalue weighted by molar-refractivity contribution is 9.10. The largest absolute Gasteiger partial charge is 0.366 e. The Morgan fingerprint density at radius 2 is 2.19 bits per heavy atom. The van der Waals surface area contributed by atoms with Crippen molar-refractivity contribution in [1.82, 2.24) is 9.55 Å². The molecule has 2 aromatic rings. The molecule has 0 aliphatic heterocycles. The van der Waals surface area contributed by atoms with Crippen molar-refractivity contribution in [1.29, 1.82) is 0 Å². The highest BCUT2D eigenvalue weighted by atomic mass is 79.9. The molecule has 0 amide bonds. The van der Waals surface area contributed by atoms with Gasteiger partial charge < -0.3 is 9.88 Å². The molecule has 0 aliphatic rings. The van der Waals surface area contributed by atoms with Gasteiger partial charge >= 0.3 is 0 Å². The maximum Gasteiger partial charge on any atom is 0.126 e. The molecule has 3 nitrogen and oxygen atoms in total. The number of aryl methyl sites for hydroxylation is 2. The third kappa shape index (κ3) is 2.64. The van der Waals surface area contributed by atoms with Gasteiger partial charge in [-0.25, -0.2) is 4.98 Å². The second-order valence-corrected chi connectivity index (χ2v) is 4.66. The van der Waals surface area contributed by atoms with Gasteiger partial charge in [0, 0.05) is 30.5 Å². The molecular weight excluding hydrogens is 266 g/mol. The Kier molecular flexibility index (Phi) is 3.29. The van der Waals surface area contributed by atoms with Crippen molar-refractivity contribution in [3.8, 4) is 0 Å². The first-order valence-electron chi connectivity index (χ1n) is 5.13. The fourth-order valence-electron chi connectivity index (χ4n) is 1.50. The van der Waals surface area contributed by atoms with Crippen molar-refractivity contribution in [2.24, 2.45) is 7.05 Å². The molecule has 0 bridgehead atoms. The average molecular weight is 280 g/mol. The average Bonchev–Trinajstić information content (AvgIpc) is 2.66. The van der Waals surface area contributed by atoms with Gasteiger partial charge in [0.1, 0.15) is 5.82 Å². The summed E-state index contributed by atoms with van der Waals surface area (Å²) >= 11 is 3.44. The van der Waals surface area contributed by atoms with Gasteiger partial charge in [0.2, 0.25) is 0 Å². The van der Waals surface area contributed by atoms with E-state index in [1.807, 2.05) is 36.9 Å². The van der Waals surface area contributed by atoms with Crippen LogP contribution in [-0.2, 0) is 13.6 Å². The van der Waals surface area contributed by atoms with Crippen LogP contribution in [0, 0.1) is 6.92 Å². The number of anilines is 1. The molecule has 0 fully saturated rings.